The quantitative estimate of drug-likeness (QED) is 0.565. The summed E-state index contributed by atoms with van der Waals surface area (Å²) >= 11 is 0. The number of rotatable bonds is 2. The highest BCUT2D eigenvalue weighted by Crippen LogP contribution is 2.33. The van der Waals surface area contributed by atoms with E-state index in [1.165, 1.54) is 51.4 Å². The highest BCUT2D eigenvalue weighted by Gasteiger charge is 2.20. The molecule has 0 spiro atoms. The minimum Gasteiger partial charge on any atom is -0.0882 e. The van der Waals surface area contributed by atoms with E-state index in [9.17, 15) is 0 Å². The van der Waals surface area contributed by atoms with Gasteiger partial charge in [-0.2, -0.15) is 0 Å². The van der Waals surface area contributed by atoms with Crippen molar-refractivity contribution in [1.29, 1.82) is 0 Å². The van der Waals surface area contributed by atoms with Gasteiger partial charge in [0.05, 0.1) is 0 Å². The van der Waals surface area contributed by atoms with Gasteiger partial charge in [-0.15, -0.1) is 0 Å². The van der Waals surface area contributed by atoms with Crippen LogP contribution in [0.3, 0.4) is 0 Å². The Morgan fingerprint density at radius 1 is 0.938 bits per heavy atom. The lowest BCUT2D eigenvalue weighted by Gasteiger charge is -2.21. The molecule has 0 nitrogen and oxygen atoms in total. The Morgan fingerprint density at radius 2 is 1.75 bits per heavy atom. The van der Waals surface area contributed by atoms with E-state index in [-0.39, 0.29) is 0 Å². The van der Waals surface area contributed by atoms with Crippen LogP contribution in [0.15, 0.2) is 24.3 Å². The molecule has 16 heavy (non-hydrogen) atoms. The van der Waals surface area contributed by atoms with E-state index in [0.29, 0.717) is 0 Å². The first-order valence-electron chi connectivity index (χ1n) is 7.23. The fourth-order valence-electron chi connectivity index (χ4n) is 3.18. The predicted octanol–water partition coefficient (Wildman–Crippen LogP) is 5.12. The van der Waals surface area contributed by atoms with Crippen LogP contribution in [0, 0.1) is 17.8 Å². The molecule has 0 saturated heterocycles. The highest BCUT2D eigenvalue weighted by atomic mass is 14.3. The Bertz CT molecular complexity index is 249. The number of hydrogen-bond donors (Lipinski definition) is 0. The largest absolute Gasteiger partial charge is 0.0882 e. The van der Waals surface area contributed by atoms with Crippen molar-refractivity contribution in [2.45, 2.75) is 58.3 Å². The molecule has 0 heteroatoms. The lowest BCUT2D eigenvalue weighted by atomic mass is 9.84. The molecule has 0 aromatic carbocycles. The van der Waals surface area contributed by atoms with Crippen molar-refractivity contribution < 1.29 is 0 Å². The predicted molar refractivity (Wildman–Crippen MR) is 71.4 cm³/mol. The summed E-state index contributed by atoms with van der Waals surface area (Å²) in [6, 6.07) is 0. The number of allylic oxidation sites excluding steroid dienone is 4. The Kier molecular flexibility index (Phi) is 4.69. The molecule has 0 fully saturated rings. The second-order valence-corrected chi connectivity index (χ2v) is 5.56. The summed E-state index contributed by atoms with van der Waals surface area (Å²) in [5.74, 6) is 2.64. The van der Waals surface area contributed by atoms with E-state index in [4.69, 9.17) is 0 Å². The van der Waals surface area contributed by atoms with Crippen molar-refractivity contribution >= 4 is 0 Å². The first kappa shape index (κ1) is 12.0. The fourth-order valence-corrected chi connectivity index (χ4v) is 3.18. The van der Waals surface area contributed by atoms with E-state index in [0.717, 1.165) is 17.8 Å². The van der Waals surface area contributed by atoms with Crippen LogP contribution in [0.1, 0.15) is 58.3 Å². The summed E-state index contributed by atoms with van der Waals surface area (Å²) in [5, 5.41) is 0. The van der Waals surface area contributed by atoms with Crippen molar-refractivity contribution in [3.05, 3.63) is 24.3 Å². The normalized spacial score (nSPS) is 35.7. The van der Waals surface area contributed by atoms with Crippen molar-refractivity contribution in [3.63, 3.8) is 0 Å². The lowest BCUT2D eigenvalue weighted by molar-refractivity contribution is 0.370. The molecule has 0 N–H and O–H groups in total. The van der Waals surface area contributed by atoms with Gasteiger partial charge in [0.25, 0.3) is 0 Å². The van der Waals surface area contributed by atoms with E-state index in [2.05, 4.69) is 31.2 Å². The smallest absolute Gasteiger partial charge is 0.0170 e. The molecule has 0 bridgehead atoms. The van der Waals surface area contributed by atoms with Crippen molar-refractivity contribution in [2.24, 2.45) is 17.8 Å². The molecule has 0 radical (unpaired) electrons. The molecule has 90 valence electrons. The summed E-state index contributed by atoms with van der Waals surface area (Å²) < 4.78 is 0. The maximum Gasteiger partial charge on any atom is -0.0170 e. The third kappa shape index (κ3) is 3.23. The molecule has 2 aliphatic carbocycles. The van der Waals surface area contributed by atoms with Gasteiger partial charge in [0.15, 0.2) is 0 Å². The molecule has 3 unspecified atom stereocenters. The van der Waals surface area contributed by atoms with Gasteiger partial charge in [-0.3, -0.25) is 0 Å². The van der Waals surface area contributed by atoms with Crippen LogP contribution in [-0.4, -0.2) is 0 Å². The van der Waals surface area contributed by atoms with Gasteiger partial charge >= 0.3 is 0 Å². The minimum absolute atomic E-state index is 0.839. The van der Waals surface area contributed by atoms with Crippen LogP contribution >= 0.6 is 0 Å². The van der Waals surface area contributed by atoms with Gasteiger partial charge in [0.1, 0.15) is 0 Å². The molecule has 2 aliphatic rings. The van der Waals surface area contributed by atoms with Gasteiger partial charge in [0.2, 0.25) is 0 Å². The first-order chi connectivity index (χ1) is 7.90. The Hall–Kier alpha value is -0.520. The van der Waals surface area contributed by atoms with Gasteiger partial charge < -0.3 is 0 Å². The Labute approximate surface area is 101 Å². The van der Waals surface area contributed by atoms with Gasteiger partial charge in [-0.1, -0.05) is 44.1 Å². The van der Waals surface area contributed by atoms with E-state index >= 15 is 0 Å². The second kappa shape index (κ2) is 6.27. The summed E-state index contributed by atoms with van der Waals surface area (Å²) in [7, 11) is 0. The highest BCUT2D eigenvalue weighted by molar-refractivity contribution is 5.02. The zero-order valence-electron chi connectivity index (χ0n) is 10.7. The van der Waals surface area contributed by atoms with Gasteiger partial charge in [-0.05, 0) is 56.3 Å². The standard InChI is InChI=1S/C16H26/c1-2-14-8-7-11-16(13-12-14)15-9-5-3-4-6-10-15/h5,7,9,11,14-16H,2-4,6,8,10,12-13H2,1H3. The summed E-state index contributed by atoms with van der Waals surface area (Å²) in [5.41, 5.74) is 0. The maximum atomic E-state index is 2.52. The van der Waals surface area contributed by atoms with Crippen LogP contribution in [0.25, 0.3) is 0 Å². The van der Waals surface area contributed by atoms with Gasteiger partial charge in [0, 0.05) is 0 Å². The average Bonchev–Trinajstić information content (AvgIpc) is 2.71. The molecule has 2 rings (SSSR count). The molecule has 0 aliphatic heterocycles. The van der Waals surface area contributed by atoms with Crippen molar-refractivity contribution in [1.82, 2.24) is 0 Å². The Morgan fingerprint density at radius 3 is 2.62 bits per heavy atom. The Balaban J connectivity index is 1.93. The zero-order valence-corrected chi connectivity index (χ0v) is 10.7. The lowest BCUT2D eigenvalue weighted by Crippen LogP contribution is -2.10. The molecular weight excluding hydrogens is 192 g/mol. The monoisotopic (exact) mass is 218 g/mol. The van der Waals surface area contributed by atoms with Crippen LogP contribution in [0.2, 0.25) is 0 Å². The molecule has 3 atom stereocenters. The van der Waals surface area contributed by atoms with Crippen LogP contribution < -0.4 is 0 Å². The SMILES string of the molecule is CCC1CC=CC(C2C=CCCCC2)CC1. The summed E-state index contributed by atoms with van der Waals surface area (Å²) in [6.45, 7) is 2.34. The van der Waals surface area contributed by atoms with Crippen LogP contribution in [-0.2, 0) is 0 Å². The molecule has 0 heterocycles. The fraction of sp³-hybridized carbons (Fsp3) is 0.750. The van der Waals surface area contributed by atoms with E-state index in [1.54, 1.807) is 0 Å². The summed E-state index contributed by atoms with van der Waals surface area (Å²) in [4.78, 5) is 0. The molecule has 0 aromatic rings. The average molecular weight is 218 g/mol. The van der Waals surface area contributed by atoms with E-state index in [1.807, 2.05) is 0 Å². The van der Waals surface area contributed by atoms with Crippen LogP contribution in [0.4, 0.5) is 0 Å². The molecule has 0 aromatic heterocycles. The maximum absolute atomic E-state index is 2.52. The zero-order chi connectivity index (χ0) is 11.2. The van der Waals surface area contributed by atoms with E-state index < -0.39 is 0 Å². The van der Waals surface area contributed by atoms with Gasteiger partial charge in [-0.25, -0.2) is 0 Å². The molecule has 0 saturated carbocycles. The third-order valence-corrected chi connectivity index (χ3v) is 4.43. The van der Waals surface area contributed by atoms with Crippen LogP contribution in [0.5, 0.6) is 0 Å². The second-order valence-electron chi connectivity index (χ2n) is 5.56. The third-order valence-electron chi connectivity index (χ3n) is 4.43. The summed E-state index contributed by atoms with van der Waals surface area (Å²) in [6.07, 6.45) is 21.0. The van der Waals surface area contributed by atoms with Crippen molar-refractivity contribution in [3.8, 4) is 0 Å². The van der Waals surface area contributed by atoms with Crippen molar-refractivity contribution in [2.75, 3.05) is 0 Å². The topological polar surface area (TPSA) is 0 Å². The molecular formula is C16H26. The number of hydrogen-bond acceptors (Lipinski definition) is 0. The first-order valence-corrected chi connectivity index (χ1v) is 7.23. The minimum atomic E-state index is 0.839. The molecule has 0 amide bonds.